The van der Waals surface area contributed by atoms with Crippen molar-refractivity contribution in [2.45, 2.75) is 26.3 Å². The van der Waals surface area contributed by atoms with E-state index >= 15 is 0 Å². The minimum Gasteiger partial charge on any atom is -0.352 e. The van der Waals surface area contributed by atoms with Gasteiger partial charge in [0, 0.05) is 18.8 Å². The lowest BCUT2D eigenvalue weighted by Crippen LogP contribution is -2.33. The number of hydrogen-bond donors (Lipinski definition) is 1. The number of halogens is 1. The average Bonchev–Trinajstić information content (AvgIpc) is 1.82. The highest BCUT2D eigenvalue weighted by molar-refractivity contribution is 6.18. The number of amides is 1. The summed E-state index contributed by atoms with van der Waals surface area (Å²) in [6.45, 7) is 3.48. The SMILES string of the molecule is CCC(CCl)NC(C)=O. The molecule has 0 bridgehead atoms. The predicted molar refractivity (Wildman–Crippen MR) is 38.6 cm³/mol. The molecule has 0 radical (unpaired) electrons. The fraction of sp³-hybridized carbons (Fsp3) is 0.833. The Morgan fingerprint density at radius 1 is 1.78 bits per heavy atom. The number of carbonyl (C=O) groups is 1. The Kier molecular flexibility index (Phi) is 4.50. The fourth-order valence-corrected chi connectivity index (χ4v) is 0.833. The van der Waals surface area contributed by atoms with Crippen LogP contribution in [0, 0.1) is 0 Å². The molecule has 0 aliphatic rings. The zero-order valence-electron chi connectivity index (χ0n) is 5.78. The maximum atomic E-state index is 10.4. The molecule has 0 aromatic heterocycles. The smallest absolute Gasteiger partial charge is 0.217 e. The van der Waals surface area contributed by atoms with E-state index < -0.39 is 0 Å². The van der Waals surface area contributed by atoms with Gasteiger partial charge in [-0.05, 0) is 6.42 Å². The molecule has 0 heterocycles. The summed E-state index contributed by atoms with van der Waals surface area (Å²) in [6.07, 6.45) is 0.892. The summed E-state index contributed by atoms with van der Waals surface area (Å²) in [4.78, 5) is 10.4. The van der Waals surface area contributed by atoms with Crippen LogP contribution in [-0.2, 0) is 4.79 Å². The molecule has 0 aliphatic heterocycles. The van der Waals surface area contributed by atoms with Crippen LogP contribution >= 0.6 is 11.6 Å². The van der Waals surface area contributed by atoms with Crippen molar-refractivity contribution in [1.29, 1.82) is 0 Å². The number of rotatable bonds is 3. The molecule has 0 aromatic carbocycles. The third-order valence-corrected chi connectivity index (χ3v) is 1.46. The van der Waals surface area contributed by atoms with Gasteiger partial charge in [-0.25, -0.2) is 0 Å². The van der Waals surface area contributed by atoms with E-state index in [2.05, 4.69) is 5.32 Å². The lowest BCUT2D eigenvalue weighted by atomic mass is 10.2. The monoisotopic (exact) mass is 149 g/mol. The Hall–Kier alpha value is -0.240. The van der Waals surface area contributed by atoms with E-state index in [0.717, 1.165) is 6.42 Å². The molecule has 1 N–H and O–H groups in total. The Bertz CT molecular complexity index is 91.1. The highest BCUT2D eigenvalue weighted by atomic mass is 35.5. The highest BCUT2D eigenvalue weighted by Gasteiger charge is 2.03. The van der Waals surface area contributed by atoms with E-state index in [0.29, 0.717) is 5.88 Å². The van der Waals surface area contributed by atoms with Crippen LogP contribution in [0.25, 0.3) is 0 Å². The first-order valence-corrected chi connectivity index (χ1v) is 3.57. The third-order valence-electron chi connectivity index (χ3n) is 1.09. The second-order valence-electron chi connectivity index (χ2n) is 1.96. The number of alkyl halides is 1. The molecule has 0 rings (SSSR count). The molecular weight excluding hydrogens is 138 g/mol. The number of hydrogen-bond acceptors (Lipinski definition) is 1. The Labute approximate surface area is 60.6 Å². The van der Waals surface area contributed by atoms with Gasteiger partial charge in [-0.1, -0.05) is 6.92 Å². The van der Waals surface area contributed by atoms with E-state index in [1.54, 1.807) is 0 Å². The molecule has 0 saturated carbocycles. The van der Waals surface area contributed by atoms with Crippen molar-refractivity contribution in [2.24, 2.45) is 0 Å². The van der Waals surface area contributed by atoms with E-state index in [1.165, 1.54) is 6.92 Å². The largest absolute Gasteiger partial charge is 0.352 e. The van der Waals surface area contributed by atoms with Gasteiger partial charge < -0.3 is 5.32 Å². The highest BCUT2D eigenvalue weighted by Crippen LogP contribution is 1.92. The first kappa shape index (κ1) is 8.76. The summed E-state index contributed by atoms with van der Waals surface area (Å²) < 4.78 is 0. The number of nitrogens with one attached hydrogen (secondary N) is 1. The molecule has 9 heavy (non-hydrogen) atoms. The number of carbonyl (C=O) groups excluding carboxylic acids is 1. The van der Waals surface area contributed by atoms with Crippen LogP contribution in [0.15, 0.2) is 0 Å². The minimum absolute atomic E-state index is 0.0116. The fourth-order valence-electron chi connectivity index (χ4n) is 0.537. The van der Waals surface area contributed by atoms with Gasteiger partial charge in [-0.3, -0.25) is 4.79 Å². The van der Waals surface area contributed by atoms with Crippen LogP contribution in [-0.4, -0.2) is 17.8 Å². The van der Waals surface area contributed by atoms with Crippen molar-refractivity contribution in [3.8, 4) is 0 Å². The summed E-state index contributed by atoms with van der Waals surface area (Å²) in [5.41, 5.74) is 0. The summed E-state index contributed by atoms with van der Waals surface area (Å²) in [6, 6.07) is 0.143. The lowest BCUT2D eigenvalue weighted by molar-refractivity contribution is -0.119. The van der Waals surface area contributed by atoms with Gasteiger partial charge in [0.25, 0.3) is 0 Å². The van der Waals surface area contributed by atoms with Gasteiger partial charge in [0.2, 0.25) is 5.91 Å². The molecule has 0 aromatic rings. The molecule has 1 amide bonds. The molecule has 1 atom stereocenters. The molecule has 1 unspecified atom stereocenters. The van der Waals surface area contributed by atoms with Crippen molar-refractivity contribution >= 4 is 17.5 Å². The van der Waals surface area contributed by atoms with Crippen molar-refractivity contribution in [3.05, 3.63) is 0 Å². The molecule has 3 heteroatoms. The van der Waals surface area contributed by atoms with Crippen LogP contribution in [0.3, 0.4) is 0 Å². The average molecular weight is 150 g/mol. The Morgan fingerprint density at radius 2 is 2.33 bits per heavy atom. The Balaban J connectivity index is 3.43. The molecular formula is C6H12ClNO. The van der Waals surface area contributed by atoms with E-state index in [1.807, 2.05) is 6.92 Å². The van der Waals surface area contributed by atoms with Crippen molar-refractivity contribution in [3.63, 3.8) is 0 Å². The summed E-state index contributed by atoms with van der Waals surface area (Å²) in [5, 5.41) is 2.71. The standard InChI is InChI=1S/C6H12ClNO/c1-3-6(4-7)8-5(2)9/h6H,3-4H2,1-2H3,(H,8,9). The maximum absolute atomic E-state index is 10.4. The van der Waals surface area contributed by atoms with Gasteiger partial charge in [0.15, 0.2) is 0 Å². The topological polar surface area (TPSA) is 29.1 Å². The van der Waals surface area contributed by atoms with Gasteiger partial charge in [-0.2, -0.15) is 0 Å². The van der Waals surface area contributed by atoms with E-state index in [9.17, 15) is 4.79 Å². The van der Waals surface area contributed by atoms with Gasteiger partial charge in [-0.15, -0.1) is 11.6 Å². The maximum Gasteiger partial charge on any atom is 0.217 e. The van der Waals surface area contributed by atoms with Crippen molar-refractivity contribution in [2.75, 3.05) is 5.88 Å². The van der Waals surface area contributed by atoms with Crippen molar-refractivity contribution < 1.29 is 4.79 Å². The molecule has 0 spiro atoms. The van der Waals surface area contributed by atoms with Crippen LogP contribution in [0.4, 0.5) is 0 Å². The van der Waals surface area contributed by atoms with Gasteiger partial charge in [0.05, 0.1) is 0 Å². The molecule has 0 aliphatic carbocycles. The van der Waals surface area contributed by atoms with Crippen LogP contribution in [0.2, 0.25) is 0 Å². The summed E-state index contributed by atoms with van der Waals surface area (Å²) in [7, 11) is 0. The molecule has 2 nitrogen and oxygen atoms in total. The van der Waals surface area contributed by atoms with Gasteiger partial charge >= 0.3 is 0 Å². The second-order valence-corrected chi connectivity index (χ2v) is 2.27. The zero-order chi connectivity index (χ0) is 7.28. The van der Waals surface area contributed by atoms with Crippen LogP contribution in [0.1, 0.15) is 20.3 Å². The predicted octanol–water partition coefficient (Wildman–Crippen LogP) is 1.14. The normalized spacial score (nSPS) is 12.8. The molecule has 0 saturated heterocycles. The molecule has 0 fully saturated rings. The third kappa shape index (κ3) is 4.28. The first-order chi connectivity index (χ1) is 4.20. The Morgan fingerprint density at radius 3 is 2.44 bits per heavy atom. The van der Waals surface area contributed by atoms with Crippen molar-refractivity contribution in [1.82, 2.24) is 5.32 Å². The van der Waals surface area contributed by atoms with E-state index in [-0.39, 0.29) is 11.9 Å². The molecule has 54 valence electrons. The van der Waals surface area contributed by atoms with E-state index in [4.69, 9.17) is 11.6 Å². The van der Waals surface area contributed by atoms with Gasteiger partial charge in [0.1, 0.15) is 0 Å². The zero-order valence-corrected chi connectivity index (χ0v) is 6.53. The second kappa shape index (κ2) is 4.62. The minimum atomic E-state index is -0.0116. The summed E-state index contributed by atoms with van der Waals surface area (Å²) >= 11 is 5.50. The summed E-state index contributed by atoms with van der Waals surface area (Å²) in [5.74, 6) is 0.485. The first-order valence-electron chi connectivity index (χ1n) is 3.03. The van der Waals surface area contributed by atoms with Crippen LogP contribution < -0.4 is 5.32 Å². The lowest BCUT2D eigenvalue weighted by Gasteiger charge is -2.10. The quantitative estimate of drug-likeness (QED) is 0.600. The van der Waals surface area contributed by atoms with Crippen LogP contribution in [0.5, 0.6) is 0 Å².